The second-order valence-corrected chi connectivity index (χ2v) is 3.50. The van der Waals surface area contributed by atoms with Crippen LogP contribution in [0.3, 0.4) is 0 Å². The van der Waals surface area contributed by atoms with Crippen molar-refractivity contribution in [1.82, 2.24) is 0 Å². The SMILES string of the molecule is C=C(CC1CCOCC1)/C(F)=C\C. The molecule has 0 aliphatic carbocycles. The summed E-state index contributed by atoms with van der Waals surface area (Å²) in [6, 6.07) is 0. The van der Waals surface area contributed by atoms with Crippen LogP contribution in [0.15, 0.2) is 24.1 Å². The highest BCUT2D eigenvalue weighted by Gasteiger charge is 2.15. The third-order valence-corrected chi connectivity index (χ3v) is 2.47. The van der Waals surface area contributed by atoms with Crippen molar-refractivity contribution in [3.63, 3.8) is 0 Å². The molecular weight excluding hydrogens is 167 g/mol. The summed E-state index contributed by atoms with van der Waals surface area (Å²) >= 11 is 0. The molecule has 1 aliphatic heterocycles. The lowest BCUT2D eigenvalue weighted by Gasteiger charge is -2.22. The lowest BCUT2D eigenvalue weighted by Crippen LogP contribution is -2.16. The van der Waals surface area contributed by atoms with Gasteiger partial charge in [0.05, 0.1) is 0 Å². The highest BCUT2D eigenvalue weighted by molar-refractivity contribution is 5.21. The van der Waals surface area contributed by atoms with Gasteiger partial charge in [0.2, 0.25) is 0 Å². The van der Waals surface area contributed by atoms with Gasteiger partial charge < -0.3 is 4.74 Å². The Morgan fingerprint density at radius 1 is 1.54 bits per heavy atom. The molecular formula is C11H17FO. The van der Waals surface area contributed by atoms with Gasteiger partial charge in [0.25, 0.3) is 0 Å². The average molecular weight is 184 g/mol. The van der Waals surface area contributed by atoms with Crippen LogP contribution in [0.4, 0.5) is 4.39 Å². The van der Waals surface area contributed by atoms with Crippen molar-refractivity contribution in [3.05, 3.63) is 24.1 Å². The van der Waals surface area contributed by atoms with E-state index in [4.69, 9.17) is 4.74 Å². The zero-order chi connectivity index (χ0) is 9.68. The summed E-state index contributed by atoms with van der Waals surface area (Å²) in [4.78, 5) is 0. The molecule has 0 aromatic rings. The van der Waals surface area contributed by atoms with E-state index in [9.17, 15) is 4.39 Å². The van der Waals surface area contributed by atoms with E-state index in [0.29, 0.717) is 11.5 Å². The van der Waals surface area contributed by atoms with Gasteiger partial charge >= 0.3 is 0 Å². The predicted molar refractivity (Wildman–Crippen MR) is 52.2 cm³/mol. The highest BCUT2D eigenvalue weighted by atomic mass is 19.1. The largest absolute Gasteiger partial charge is 0.381 e. The Morgan fingerprint density at radius 3 is 2.69 bits per heavy atom. The van der Waals surface area contributed by atoms with Gasteiger partial charge in [-0.15, -0.1) is 0 Å². The first-order valence-corrected chi connectivity index (χ1v) is 4.81. The standard InChI is InChI=1S/C11H17FO/c1-3-11(12)9(2)8-10-4-6-13-7-5-10/h3,10H,2,4-8H2,1H3/b11-3+. The summed E-state index contributed by atoms with van der Waals surface area (Å²) in [5.41, 5.74) is 0.634. The summed E-state index contributed by atoms with van der Waals surface area (Å²) in [5.74, 6) is 0.401. The number of rotatable bonds is 3. The fraction of sp³-hybridized carbons (Fsp3) is 0.636. The summed E-state index contributed by atoms with van der Waals surface area (Å²) in [6.45, 7) is 7.06. The van der Waals surface area contributed by atoms with Crippen molar-refractivity contribution in [3.8, 4) is 0 Å². The van der Waals surface area contributed by atoms with Crippen LogP contribution in [0.1, 0.15) is 26.2 Å². The molecule has 74 valence electrons. The van der Waals surface area contributed by atoms with Crippen molar-refractivity contribution >= 4 is 0 Å². The minimum Gasteiger partial charge on any atom is -0.381 e. The van der Waals surface area contributed by atoms with Crippen LogP contribution in [0.2, 0.25) is 0 Å². The summed E-state index contributed by atoms with van der Waals surface area (Å²) in [7, 11) is 0. The maximum absolute atomic E-state index is 13.0. The molecule has 1 nitrogen and oxygen atoms in total. The number of hydrogen-bond donors (Lipinski definition) is 0. The Bertz CT molecular complexity index is 202. The minimum absolute atomic E-state index is 0.161. The van der Waals surface area contributed by atoms with Crippen molar-refractivity contribution in [2.24, 2.45) is 5.92 Å². The van der Waals surface area contributed by atoms with Crippen molar-refractivity contribution < 1.29 is 9.13 Å². The summed E-state index contributed by atoms with van der Waals surface area (Å²) in [6.07, 6.45) is 4.33. The van der Waals surface area contributed by atoms with Crippen LogP contribution < -0.4 is 0 Å². The van der Waals surface area contributed by atoms with E-state index in [1.165, 1.54) is 6.08 Å². The zero-order valence-corrected chi connectivity index (χ0v) is 8.18. The number of allylic oxidation sites excluding steroid dienone is 3. The van der Waals surface area contributed by atoms with Gasteiger partial charge in [-0.25, -0.2) is 4.39 Å². The Hall–Kier alpha value is -0.630. The molecule has 0 N–H and O–H groups in total. The molecule has 0 spiro atoms. The second kappa shape index (κ2) is 5.18. The van der Waals surface area contributed by atoms with Gasteiger partial charge in [-0.3, -0.25) is 0 Å². The Labute approximate surface area is 79.3 Å². The monoisotopic (exact) mass is 184 g/mol. The molecule has 0 atom stereocenters. The number of hydrogen-bond acceptors (Lipinski definition) is 1. The normalized spacial score (nSPS) is 20.3. The molecule has 13 heavy (non-hydrogen) atoms. The average Bonchev–Trinajstić information content (AvgIpc) is 2.18. The maximum atomic E-state index is 13.0. The van der Waals surface area contributed by atoms with Crippen molar-refractivity contribution in [2.75, 3.05) is 13.2 Å². The summed E-state index contributed by atoms with van der Waals surface area (Å²) in [5, 5.41) is 0. The molecule has 1 saturated heterocycles. The van der Waals surface area contributed by atoms with Gasteiger partial charge in [0, 0.05) is 13.2 Å². The molecule has 1 fully saturated rings. The lowest BCUT2D eigenvalue weighted by molar-refractivity contribution is 0.0665. The molecule has 2 heteroatoms. The van der Waals surface area contributed by atoms with Gasteiger partial charge in [0.15, 0.2) is 0 Å². The first kappa shape index (κ1) is 10.5. The lowest BCUT2D eigenvalue weighted by atomic mass is 9.92. The molecule has 0 aromatic carbocycles. The molecule has 0 unspecified atom stereocenters. The minimum atomic E-state index is -0.161. The van der Waals surface area contributed by atoms with Crippen molar-refractivity contribution in [1.29, 1.82) is 0 Å². The highest BCUT2D eigenvalue weighted by Crippen LogP contribution is 2.25. The smallest absolute Gasteiger partial charge is 0.121 e. The fourth-order valence-electron chi connectivity index (χ4n) is 1.60. The molecule has 0 radical (unpaired) electrons. The molecule has 1 heterocycles. The molecule has 0 saturated carbocycles. The van der Waals surface area contributed by atoms with E-state index in [0.717, 1.165) is 32.5 Å². The Kier molecular flexibility index (Phi) is 4.16. The molecule has 0 bridgehead atoms. The number of halogens is 1. The van der Waals surface area contributed by atoms with Crippen LogP contribution >= 0.6 is 0 Å². The molecule has 1 aliphatic rings. The van der Waals surface area contributed by atoms with E-state index in [1.54, 1.807) is 6.92 Å². The van der Waals surface area contributed by atoms with Crippen LogP contribution in [0.5, 0.6) is 0 Å². The van der Waals surface area contributed by atoms with Gasteiger partial charge in [-0.2, -0.15) is 0 Å². The first-order chi connectivity index (χ1) is 6.24. The van der Waals surface area contributed by atoms with E-state index >= 15 is 0 Å². The first-order valence-electron chi connectivity index (χ1n) is 4.81. The van der Waals surface area contributed by atoms with E-state index in [-0.39, 0.29) is 5.83 Å². The van der Waals surface area contributed by atoms with E-state index in [2.05, 4.69) is 6.58 Å². The molecule has 1 rings (SSSR count). The topological polar surface area (TPSA) is 9.23 Å². The predicted octanol–water partition coefficient (Wildman–Crippen LogP) is 3.23. The molecule has 0 aromatic heterocycles. The van der Waals surface area contributed by atoms with Crippen LogP contribution in [-0.4, -0.2) is 13.2 Å². The van der Waals surface area contributed by atoms with Crippen LogP contribution in [-0.2, 0) is 4.74 Å². The summed E-state index contributed by atoms with van der Waals surface area (Å²) < 4.78 is 18.2. The maximum Gasteiger partial charge on any atom is 0.121 e. The second-order valence-electron chi connectivity index (χ2n) is 3.50. The zero-order valence-electron chi connectivity index (χ0n) is 8.18. The quantitative estimate of drug-likeness (QED) is 0.612. The third-order valence-electron chi connectivity index (χ3n) is 2.47. The third kappa shape index (κ3) is 3.31. The number of ether oxygens (including phenoxy) is 1. The van der Waals surface area contributed by atoms with Gasteiger partial charge in [0.1, 0.15) is 5.83 Å². The van der Waals surface area contributed by atoms with Gasteiger partial charge in [-0.1, -0.05) is 12.7 Å². The Balaban J connectivity index is 2.34. The van der Waals surface area contributed by atoms with Crippen LogP contribution in [0.25, 0.3) is 0 Å². The van der Waals surface area contributed by atoms with Gasteiger partial charge in [-0.05, 0) is 37.7 Å². The van der Waals surface area contributed by atoms with Crippen molar-refractivity contribution in [2.45, 2.75) is 26.2 Å². The fourth-order valence-corrected chi connectivity index (χ4v) is 1.60. The van der Waals surface area contributed by atoms with E-state index in [1.807, 2.05) is 0 Å². The Morgan fingerprint density at radius 2 is 2.15 bits per heavy atom. The van der Waals surface area contributed by atoms with E-state index < -0.39 is 0 Å². The van der Waals surface area contributed by atoms with Crippen LogP contribution in [0, 0.1) is 5.92 Å². The molecule has 0 amide bonds.